The number of fused-ring (bicyclic) bond motifs is 1. The fourth-order valence-electron chi connectivity index (χ4n) is 3.21. The normalized spacial score (nSPS) is 11.5. The van der Waals surface area contributed by atoms with E-state index in [1.807, 2.05) is 12.1 Å². The first-order chi connectivity index (χ1) is 15.9. The minimum atomic E-state index is -3.65. The molecular weight excluding hydrogens is 482 g/mol. The maximum atomic E-state index is 13.2. The number of rotatable bonds is 8. The molecule has 0 unspecified atom stereocenters. The zero-order valence-electron chi connectivity index (χ0n) is 17.6. The fourth-order valence-corrected chi connectivity index (χ4v) is 5.72. The van der Waals surface area contributed by atoms with Gasteiger partial charge in [-0.3, -0.25) is 14.7 Å². The molecule has 2 heterocycles. The molecule has 0 saturated carbocycles. The van der Waals surface area contributed by atoms with E-state index >= 15 is 0 Å². The molecule has 170 valence electrons. The van der Waals surface area contributed by atoms with Gasteiger partial charge in [0.2, 0.25) is 5.91 Å². The standard InChI is InChI=1S/C23H20ClN3O4S2/c1-31-17-5-7-18(8-6-17)33(29,30)14-11-21(28)27(15-16-9-12-25-13-10-16)23-26-22-19(24)3-2-4-20(22)32-23/h2-10,12-13H,11,14-15H2,1H3. The number of pyridine rings is 1. The zero-order chi connectivity index (χ0) is 23.4. The number of ether oxygens (including phenoxy) is 1. The Kier molecular flexibility index (Phi) is 6.92. The Morgan fingerprint density at radius 1 is 1.09 bits per heavy atom. The molecule has 2 aromatic heterocycles. The highest BCUT2D eigenvalue weighted by molar-refractivity contribution is 7.91. The number of para-hydroxylation sites is 1. The average Bonchev–Trinajstić information content (AvgIpc) is 3.27. The van der Waals surface area contributed by atoms with Crippen LogP contribution in [-0.4, -0.2) is 37.2 Å². The lowest BCUT2D eigenvalue weighted by molar-refractivity contribution is -0.118. The highest BCUT2D eigenvalue weighted by atomic mass is 35.5. The van der Waals surface area contributed by atoms with E-state index < -0.39 is 9.84 Å². The molecule has 4 rings (SSSR count). The summed E-state index contributed by atoms with van der Waals surface area (Å²) in [6, 6.07) is 15.2. The van der Waals surface area contributed by atoms with Gasteiger partial charge in [0.05, 0.1) is 34.0 Å². The molecule has 0 bridgehead atoms. The fraction of sp³-hybridized carbons (Fsp3) is 0.174. The summed E-state index contributed by atoms with van der Waals surface area (Å²) >= 11 is 7.60. The molecule has 1 amide bonds. The van der Waals surface area contributed by atoms with Crippen molar-refractivity contribution in [2.75, 3.05) is 17.8 Å². The minimum Gasteiger partial charge on any atom is -0.497 e. The van der Waals surface area contributed by atoms with Gasteiger partial charge in [-0.25, -0.2) is 13.4 Å². The van der Waals surface area contributed by atoms with Crippen molar-refractivity contribution < 1.29 is 17.9 Å². The molecule has 2 aromatic carbocycles. The number of benzene rings is 2. The molecule has 0 radical (unpaired) electrons. The van der Waals surface area contributed by atoms with Crippen LogP contribution in [0.15, 0.2) is 71.9 Å². The van der Waals surface area contributed by atoms with Gasteiger partial charge < -0.3 is 4.74 Å². The van der Waals surface area contributed by atoms with E-state index in [4.69, 9.17) is 16.3 Å². The van der Waals surface area contributed by atoms with Crippen LogP contribution in [0.25, 0.3) is 10.2 Å². The first-order valence-electron chi connectivity index (χ1n) is 9.98. The van der Waals surface area contributed by atoms with Crippen molar-refractivity contribution in [2.24, 2.45) is 0 Å². The summed E-state index contributed by atoms with van der Waals surface area (Å²) < 4.78 is 31.5. The highest BCUT2D eigenvalue weighted by Crippen LogP contribution is 2.34. The molecule has 33 heavy (non-hydrogen) atoms. The van der Waals surface area contributed by atoms with Crippen LogP contribution >= 0.6 is 22.9 Å². The van der Waals surface area contributed by atoms with Gasteiger partial charge in [0.15, 0.2) is 15.0 Å². The molecule has 10 heteroatoms. The predicted octanol–water partition coefficient (Wildman–Crippen LogP) is 4.75. The predicted molar refractivity (Wildman–Crippen MR) is 130 cm³/mol. The lowest BCUT2D eigenvalue weighted by Crippen LogP contribution is -2.31. The number of carbonyl (C=O) groups excluding carboxylic acids is 1. The van der Waals surface area contributed by atoms with E-state index in [1.54, 1.807) is 42.7 Å². The SMILES string of the molecule is COc1ccc(S(=O)(=O)CCC(=O)N(Cc2ccncc2)c2nc3c(Cl)cccc3s2)cc1. The van der Waals surface area contributed by atoms with Gasteiger partial charge in [0.25, 0.3) is 0 Å². The number of methoxy groups -OCH3 is 1. The zero-order valence-corrected chi connectivity index (χ0v) is 20.0. The van der Waals surface area contributed by atoms with Gasteiger partial charge >= 0.3 is 0 Å². The summed E-state index contributed by atoms with van der Waals surface area (Å²) in [5.74, 6) is -0.112. The van der Waals surface area contributed by atoms with Crippen molar-refractivity contribution in [1.82, 2.24) is 9.97 Å². The molecule has 0 aliphatic rings. The van der Waals surface area contributed by atoms with Crippen molar-refractivity contribution in [1.29, 1.82) is 0 Å². The number of anilines is 1. The largest absolute Gasteiger partial charge is 0.497 e. The van der Waals surface area contributed by atoms with Crippen molar-refractivity contribution in [3.8, 4) is 5.75 Å². The van der Waals surface area contributed by atoms with Crippen LogP contribution in [0.4, 0.5) is 5.13 Å². The summed E-state index contributed by atoms with van der Waals surface area (Å²) in [6.45, 7) is 0.237. The third-order valence-electron chi connectivity index (χ3n) is 4.98. The second kappa shape index (κ2) is 9.86. The Labute approximate surface area is 200 Å². The lowest BCUT2D eigenvalue weighted by atomic mass is 10.2. The average molecular weight is 502 g/mol. The summed E-state index contributed by atoms with van der Waals surface area (Å²) in [6.07, 6.45) is 3.09. The monoisotopic (exact) mass is 501 g/mol. The topological polar surface area (TPSA) is 89.5 Å². The van der Waals surface area contributed by atoms with E-state index in [9.17, 15) is 13.2 Å². The van der Waals surface area contributed by atoms with Crippen LogP contribution in [0.3, 0.4) is 0 Å². The molecule has 0 aliphatic carbocycles. The number of hydrogen-bond acceptors (Lipinski definition) is 7. The van der Waals surface area contributed by atoms with Crippen LogP contribution in [0.1, 0.15) is 12.0 Å². The smallest absolute Gasteiger partial charge is 0.230 e. The Morgan fingerprint density at radius 2 is 1.82 bits per heavy atom. The first-order valence-corrected chi connectivity index (χ1v) is 12.8. The number of amides is 1. The third kappa shape index (κ3) is 5.32. The Bertz CT molecular complexity index is 1370. The Morgan fingerprint density at radius 3 is 2.48 bits per heavy atom. The molecule has 4 aromatic rings. The minimum absolute atomic E-state index is 0.142. The van der Waals surface area contributed by atoms with Gasteiger partial charge in [-0.05, 0) is 54.1 Å². The van der Waals surface area contributed by atoms with Crippen molar-refractivity contribution in [3.63, 3.8) is 0 Å². The van der Waals surface area contributed by atoms with Crippen LogP contribution in [0.2, 0.25) is 5.02 Å². The van der Waals surface area contributed by atoms with Crippen LogP contribution in [-0.2, 0) is 21.2 Å². The second-order valence-corrected chi connectivity index (χ2v) is 10.7. The van der Waals surface area contributed by atoms with Gasteiger partial charge in [0.1, 0.15) is 11.3 Å². The molecule has 0 atom stereocenters. The quantitative estimate of drug-likeness (QED) is 0.346. The summed E-state index contributed by atoms with van der Waals surface area (Å²) in [5, 5.41) is 0.954. The molecule has 0 saturated heterocycles. The molecule has 0 aliphatic heterocycles. The Hall–Kier alpha value is -3.01. The molecule has 0 fully saturated rings. The summed E-state index contributed by atoms with van der Waals surface area (Å²) in [5.41, 5.74) is 1.46. The van der Waals surface area contributed by atoms with E-state index in [1.165, 1.54) is 35.5 Å². The third-order valence-corrected chi connectivity index (χ3v) is 8.06. The maximum absolute atomic E-state index is 13.2. The van der Waals surface area contributed by atoms with E-state index in [0.29, 0.717) is 21.4 Å². The van der Waals surface area contributed by atoms with Crippen LogP contribution in [0.5, 0.6) is 5.75 Å². The number of sulfone groups is 1. The number of thiazole rings is 1. The van der Waals surface area contributed by atoms with Gasteiger partial charge in [-0.2, -0.15) is 0 Å². The molecule has 0 N–H and O–H groups in total. The van der Waals surface area contributed by atoms with Gasteiger partial charge in [-0.1, -0.05) is 29.0 Å². The van der Waals surface area contributed by atoms with E-state index in [-0.39, 0.29) is 29.5 Å². The Balaban J connectivity index is 1.59. The highest BCUT2D eigenvalue weighted by Gasteiger charge is 2.24. The van der Waals surface area contributed by atoms with Crippen LogP contribution in [0, 0.1) is 0 Å². The first kappa shape index (κ1) is 23.2. The summed E-state index contributed by atoms with van der Waals surface area (Å²) in [4.78, 5) is 23.5. The van der Waals surface area contributed by atoms with Crippen LogP contribution < -0.4 is 9.64 Å². The molecule has 7 nitrogen and oxygen atoms in total. The summed E-state index contributed by atoms with van der Waals surface area (Å²) in [7, 11) is -2.14. The number of hydrogen-bond donors (Lipinski definition) is 0. The van der Waals surface area contributed by atoms with Gasteiger partial charge in [0, 0.05) is 18.8 Å². The second-order valence-electron chi connectivity index (χ2n) is 7.16. The maximum Gasteiger partial charge on any atom is 0.230 e. The van der Waals surface area contributed by atoms with Crippen molar-refractivity contribution >= 4 is 54.0 Å². The lowest BCUT2D eigenvalue weighted by Gasteiger charge is -2.20. The van der Waals surface area contributed by atoms with Crippen molar-refractivity contribution in [3.05, 3.63) is 77.6 Å². The van der Waals surface area contributed by atoms with Gasteiger partial charge in [-0.15, -0.1) is 0 Å². The number of halogens is 1. The number of aromatic nitrogens is 2. The van der Waals surface area contributed by atoms with Crippen molar-refractivity contribution in [2.45, 2.75) is 17.9 Å². The molecular formula is C23H20ClN3O4S2. The van der Waals surface area contributed by atoms with E-state index in [0.717, 1.165) is 10.3 Å². The number of nitrogens with zero attached hydrogens (tertiary/aromatic N) is 3. The van der Waals surface area contributed by atoms with E-state index in [2.05, 4.69) is 9.97 Å². The number of carbonyl (C=O) groups is 1. The molecule has 0 spiro atoms.